The summed E-state index contributed by atoms with van der Waals surface area (Å²) in [5.74, 6) is 2.20. The van der Waals surface area contributed by atoms with E-state index in [1.54, 1.807) is 0 Å². The number of hydrogen-bond acceptors (Lipinski definition) is 3. The zero-order chi connectivity index (χ0) is 13.1. The van der Waals surface area contributed by atoms with Gasteiger partial charge in [0.05, 0.1) is 6.54 Å². The minimum absolute atomic E-state index is 0.754. The highest BCUT2D eigenvalue weighted by Crippen LogP contribution is 2.18. The molecule has 4 heteroatoms. The number of benzene rings is 1. The van der Waals surface area contributed by atoms with Gasteiger partial charge >= 0.3 is 0 Å². The monoisotopic (exact) mass is 256 g/mol. The Labute approximate surface area is 113 Å². The van der Waals surface area contributed by atoms with E-state index in [1.165, 1.54) is 24.1 Å². The van der Waals surface area contributed by atoms with Gasteiger partial charge in [0.2, 0.25) is 0 Å². The molecule has 0 spiro atoms. The van der Waals surface area contributed by atoms with Crippen LogP contribution >= 0.6 is 0 Å². The summed E-state index contributed by atoms with van der Waals surface area (Å²) < 4.78 is 2.27. The van der Waals surface area contributed by atoms with E-state index >= 15 is 0 Å². The minimum atomic E-state index is 0.754. The van der Waals surface area contributed by atoms with E-state index in [-0.39, 0.29) is 0 Å². The first kappa shape index (κ1) is 12.2. The number of para-hydroxylation sites is 1. The Morgan fingerprint density at radius 3 is 3.00 bits per heavy atom. The summed E-state index contributed by atoms with van der Waals surface area (Å²) >= 11 is 0. The van der Waals surface area contributed by atoms with Crippen molar-refractivity contribution in [1.29, 1.82) is 0 Å². The van der Waals surface area contributed by atoms with E-state index in [4.69, 9.17) is 0 Å². The summed E-state index contributed by atoms with van der Waals surface area (Å²) in [6.45, 7) is 4.00. The molecule has 1 N–H and O–H groups in total. The Kier molecular flexibility index (Phi) is 3.49. The smallest absolute Gasteiger partial charge is 0.152 e. The number of aromatic nitrogens is 3. The topological polar surface area (TPSA) is 42.7 Å². The van der Waals surface area contributed by atoms with Crippen molar-refractivity contribution in [3.63, 3.8) is 0 Å². The highest BCUT2D eigenvalue weighted by molar-refractivity contribution is 5.51. The van der Waals surface area contributed by atoms with E-state index in [0.29, 0.717) is 0 Å². The van der Waals surface area contributed by atoms with E-state index in [2.05, 4.69) is 51.3 Å². The molecule has 100 valence electrons. The molecule has 1 aliphatic heterocycles. The molecule has 0 radical (unpaired) electrons. The quantitative estimate of drug-likeness (QED) is 0.914. The van der Waals surface area contributed by atoms with E-state index in [9.17, 15) is 0 Å². The lowest BCUT2D eigenvalue weighted by Gasteiger charge is -2.16. The van der Waals surface area contributed by atoms with E-state index < -0.39 is 0 Å². The molecule has 2 heterocycles. The maximum Gasteiger partial charge on any atom is 0.152 e. The number of nitrogens with zero attached hydrogens (tertiary/aromatic N) is 3. The number of rotatable bonds is 4. The molecule has 0 saturated carbocycles. The van der Waals surface area contributed by atoms with Crippen LogP contribution in [0.2, 0.25) is 0 Å². The molecule has 0 aliphatic carbocycles. The van der Waals surface area contributed by atoms with Gasteiger partial charge in [0, 0.05) is 18.7 Å². The number of anilines is 1. The molecule has 1 aromatic carbocycles. The van der Waals surface area contributed by atoms with Crippen molar-refractivity contribution in [3.05, 3.63) is 41.5 Å². The molecular weight excluding hydrogens is 236 g/mol. The average molecular weight is 256 g/mol. The normalized spacial score (nSPS) is 14.2. The van der Waals surface area contributed by atoms with E-state index in [1.807, 2.05) is 0 Å². The van der Waals surface area contributed by atoms with Crippen LogP contribution in [0.25, 0.3) is 0 Å². The van der Waals surface area contributed by atoms with Crippen LogP contribution in [0, 0.1) is 0 Å². The fourth-order valence-corrected chi connectivity index (χ4v) is 2.67. The van der Waals surface area contributed by atoms with Crippen molar-refractivity contribution in [1.82, 2.24) is 14.8 Å². The van der Waals surface area contributed by atoms with Crippen LogP contribution in [0.1, 0.15) is 37.0 Å². The van der Waals surface area contributed by atoms with Crippen LogP contribution in [-0.2, 0) is 25.9 Å². The molecule has 0 atom stereocenters. The van der Waals surface area contributed by atoms with Crippen LogP contribution in [0.5, 0.6) is 0 Å². The second-order valence-corrected chi connectivity index (χ2v) is 5.01. The van der Waals surface area contributed by atoms with Gasteiger partial charge in [0.15, 0.2) is 5.82 Å². The maximum absolute atomic E-state index is 4.32. The summed E-state index contributed by atoms with van der Waals surface area (Å²) in [6.07, 6.45) is 4.59. The third-order valence-electron chi connectivity index (χ3n) is 3.77. The highest BCUT2D eigenvalue weighted by Gasteiger charge is 2.15. The van der Waals surface area contributed by atoms with Gasteiger partial charge in [-0.25, -0.2) is 0 Å². The van der Waals surface area contributed by atoms with Gasteiger partial charge in [-0.2, -0.15) is 0 Å². The molecule has 0 saturated heterocycles. The molecule has 19 heavy (non-hydrogen) atoms. The van der Waals surface area contributed by atoms with Crippen LogP contribution in [0.15, 0.2) is 24.3 Å². The van der Waals surface area contributed by atoms with E-state index in [0.717, 1.165) is 37.6 Å². The zero-order valence-electron chi connectivity index (χ0n) is 11.4. The van der Waals surface area contributed by atoms with Gasteiger partial charge in [-0.05, 0) is 30.9 Å². The van der Waals surface area contributed by atoms with Crippen LogP contribution < -0.4 is 5.32 Å². The molecule has 0 unspecified atom stereocenters. The lowest BCUT2D eigenvalue weighted by atomic mass is 10.1. The van der Waals surface area contributed by atoms with Crippen molar-refractivity contribution in [2.45, 2.75) is 45.7 Å². The zero-order valence-corrected chi connectivity index (χ0v) is 11.4. The molecule has 1 aliphatic rings. The van der Waals surface area contributed by atoms with Gasteiger partial charge in [-0.3, -0.25) is 0 Å². The summed E-state index contributed by atoms with van der Waals surface area (Å²) in [7, 11) is 0. The van der Waals surface area contributed by atoms with Crippen LogP contribution in [0.4, 0.5) is 5.69 Å². The van der Waals surface area contributed by atoms with Crippen molar-refractivity contribution in [2.75, 3.05) is 5.32 Å². The Balaban J connectivity index is 1.74. The largest absolute Gasteiger partial charge is 0.378 e. The third kappa shape index (κ3) is 2.48. The SMILES string of the molecule is CCc1ccccc1NCc1nnc2n1CCCC2. The number of nitrogens with one attached hydrogen (secondary N) is 1. The lowest BCUT2D eigenvalue weighted by molar-refractivity contribution is 0.510. The maximum atomic E-state index is 4.32. The first-order valence-electron chi connectivity index (χ1n) is 7.11. The van der Waals surface area contributed by atoms with Gasteiger partial charge in [0.25, 0.3) is 0 Å². The standard InChI is InChI=1S/C15H20N4/c1-2-12-7-3-4-8-13(12)16-11-15-18-17-14-9-5-6-10-19(14)15/h3-4,7-8,16H,2,5-6,9-11H2,1H3. The second-order valence-electron chi connectivity index (χ2n) is 5.01. The Bertz CT molecular complexity index is 559. The molecule has 0 amide bonds. The Hall–Kier alpha value is -1.84. The van der Waals surface area contributed by atoms with Crippen molar-refractivity contribution >= 4 is 5.69 Å². The molecular formula is C15H20N4. The van der Waals surface area contributed by atoms with Crippen LogP contribution in [0.3, 0.4) is 0 Å². The first-order valence-corrected chi connectivity index (χ1v) is 7.11. The van der Waals surface area contributed by atoms with Gasteiger partial charge < -0.3 is 9.88 Å². The molecule has 0 bridgehead atoms. The molecule has 3 rings (SSSR count). The predicted octanol–water partition coefficient (Wildman–Crippen LogP) is 2.79. The summed E-state index contributed by atoms with van der Waals surface area (Å²) in [4.78, 5) is 0. The van der Waals surface area contributed by atoms with Gasteiger partial charge in [0.1, 0.15) is 5.82 Å². The molecule has 2 aromatic rings. The fourth-order valence-electron chi connectivity index (χ4n) is 2.67. The highest BCUT2D eigenvalue weighted by atomic mass is 15.3. The molecule has 4 nitrogen and oxygen atoms in total. The predicted molar refractivity (Wildman–Crippen MR) is 76.1 cm³/mol. The van der Waals surface area contributed by atoms with Crippen molar-refractivity contribution < 1.29 is 0 Å². The number of aryl methyl sites for hydroxylation is 2. The first-order chi connectivity index (χ1) is 9.38. The minimum Gasteiger partial charge on any atom is -0.378 e. The molecule has 0 fully saturated rings. The van der Waals surface area contributed by atoms with Gasteiger partial charge in [-0.15, -0.1) is 10.2 Å². The molecule has 1 aromatic heterocycles. The summed E-state index contributed by atoms with van der Waals surface area (Å²) in [6, 6.07) is 8.46. The lowest BCUT2D eigenvalue weighted by Crippen LogP contribution is -2.15. The van der Waals surface area contributed by atoms with Crippen molar-refractivity contribution in [2.24, 2.45) is 0 Å². The summed E-state index contributed by atoms with van der Waals surface area (Å²) in [5, 5.41) is 12.1. The average Bonchev–Trinajstić information content (AvgIpc) is 2.89. The van der Waals surface area contributed by atoms with Gasteiger partial charge in [-0.1, -0.05) is 25.1 Å². The Morgan fingerprint density at radius 1 is 1.21 bits per heavy atom. The Morgan fingerprint density at radius 2 is 2.11 bits per heavy atom. The number of hydrogen-bond donors (Lipinski definition) is 1. The third-order valence-corrected chi connectivity index (χ3v) is 3.77. The van der Waals surface area contributed by atoms with Crippen LogP contribution in [-0.4, -0.2) is 14.8 Å². The summed E-state index contributed by atoms with van der Waals surface area (Å²) in [5.41, 5.74) is 2.55. The van der Waals surface area contributed by atoms with Crippen molar-refractivity contribution in [3.8, 4) is 0 Å². The fraction of sp³-hybridized carbons (Fsp3) is 0.467. The second kappa shape index (κ2) is 5.43. The number of fused-ring (bicyclic) bond motifs is 1.